The molecule has 0 heterocycles. The highest BCUT2D eigenvalue weighted by atomic mass is 79.9. The molecule has 0 bridgehead atoms. The first-order valence-electron chi connectivity index (χ1n) is 4.46. The summed E-state index contributed by atoms with van der Waals surface area (Å²) in [4.78, 5) is 21.9. The molecule has 1 rings (SSSR count). The minimum atomic E-state index is -3.59. The molecule has 1 aromatic rings. The number of carbonyl (C=O) groups excluding carboxylic acids is 1. The number of anilines is 1. The smallest absolute Gasteiger partial charge is 0.337 e. The standard InChI is InChI=1S/C10H8BrF2NO3/c11-5-10(12,13)9(17)14-7-4-2-1-3-6(7)8(15)16/h1-4H,5H2,(H,14,17)(H,15,16). The number of hydrogen-bond acceptors (Lipinski definition) is 2. The van der Waals surface area contributed by atoms with Crippen molar-refractivity contribution in [1.29, 1.82) is 0 Å². The van der Waals surface area contributed by atoms with Crippen LogP contribution in [0, 0.1) is 0 Å². The van der Waals surface area contributed by atoms with Crippen LogP contribution in [0.2, 0.25) is 0 Å². The third-order valence-corrected chi connectivity index (χ3v) is 2.61. The number of para-hydroxylation sites is 1. The summed E-state index contributed by atoms with van der Waals surface area (Å²) < 4.78 is 25.9. The summed E-state index contributed by atoms with van der Waals surface area (Å²) in [6.07, 6.45) is 0. The van der Waals surface area contributed by atoms with Gasteiger partial charge in [0.05, 0.1) is 16.6 Å². The number of carboxylic acids is 1. The van der Waals surface area contributed by atoms with Gasteiger partial charge in [-0.25, -0.2) is 4.79 Å². The van der Waals surface area contributed by atoms with Crippen molar-refractivity contribution in [3.05, 3.63) is 29.8 Å². The number of halogens is 3. The van der Waals surface area contributed by atoms with Gasteiger partial charge in [0.25, 0.3) is 5.91 Å². The van der Waals surface area contributed by atoms with Crippen molar-refractivity contribution in [2.75, 3.05) is 10.6 Å². The lowest BCUT2D eigenvalue weighted by Crippen LogP contribution is -2.36. The van der Waals surface area contributed by atoms with Crippen molar-refractivity contribution >= 4 is 33.5 Å². The van der Waals surface area contributed by atoms with Gasteiger partial charge in [-0.15, -0.1) is 0 Å². The van der Waals surface area contributed by atoms with Gasteiger partial charge in [-0.05, 0) is 12.1 Å². The third-order valence-electron chi connectivity index (χ3n) is 1.91. The molecule has 92 valence electrons. The van der Waals surface area contributed by atoms with Crippen molar-refractivity contribution in [2.45, 2.75) is 5.92 Å². The maximum atomic E-state index is 13.0. The van der Waals surface area contributed by atoms with Gasteiger partial charge in [-0.2, -0.15) is 8.78 Å². The zero-order chi connectivity index (χ0) is 13.1. The Balaban J connectivity index is 2.97. The Kier molecular flexibility index (Phi) is 4.17. The molecule has 0 aliphatic rings. The van der Waals surface area contributed by atoms with Gasteiger partial charge in [0.1, 0.15) is 0 Å². The summed E-state index contributed by atoms with van der Waals surface area (Å²) >= 11 is 2.51. The second-order valence-corrected chi connectivity index (χ2v) is 3.70. The summed E-state index contributed by atoms with van der Waals surface area (Å²) in [6.45, 7) is 0. The zero-order valence-corrected chi connectivity index (χ0v) is 10.0. The van der Waals surface area contributed by atoms with E-state index < -0.39 is 23.1 Å². The number of alkyl halides is 3. The van der Waals surface area contributed by atoms with Crippen LogP contribution in [-0.2, 0) is 4.79 Å². The van der Waals surface area contributed by atoms with Crippen LogP contribution in [-0.4, -0.2) is 28.2 Å². The fourth-order valence-electron chi connectivity index (χ4n) is 1.05. The van der Waals surface area contributed by atoms with E-state index in [1.807, 2.05) is 5.32 Å². The average Bonchev–Trinajstić information content (AvgIpc) is 2.29. The molecule has 17 heavy (non-hydrogen) atoms. The molecule has 0 saturated carbocycles. The number of rotatable bonds is 4. The second-order valence-electron chi connectivity index (χ2n) is 3.14. The number of benzene rings is 1. The molecular formula is C10H8BrF2NO3. The van der Waals surface area contributed by atoms with E-state index in [1.54, 1.807) is 0 Å². The summed E-state index contributed by atoms with van der Waals surface area (Å²) in [7, 11) is 0. The molecule has 1 amide bonds. The minimum Gasteiger partial charge on any atom is -0.478 e. The molecule has 0 unspecified atom stereocenters. The largest absolute Gasteiger partial charge is 0.478 e. The van der Waals surface area contributed by atoms with Gasteiger partial charge >= 0.3 is 11.9 Å². The highest BCUT2D eigenvalue weighted by Crippen LogP contribution is 2.21. The van der Waals surface area contributed by atoms with E-state index in [0.29, 0.717) is 0 Å². The Bertz CT molecular complexity index is 451. The van der Waals surface area contributed by atoms with Gasteiger partial charge in [0.2, 0.25) is 0 Å². The molecule has 4 nitrogen and oxygen atoms in total. The molecule has 0 fully saturated rings. The predicted molar refractivity (Wildman–Crippen MR) is 60.8 cm³/mol. The van der Waals surface area contributed by atoms with Gasteiger partial charge in [-0.1, -0.05) is 28.1 Å². The monoisotopic (exact) mass is 307 g/mol. The highest BCUT2D eigenvalue weighted by Gasteiger charge is 2.37. The molecule has 1 aromatic carbocycles. The predicted octanol–water partition coefficient (Wildman–Crippen LogP) is 2.35. The van der Waals surface area contributed by atoms with Crippen LogP contribution in [0.15, 0.2) is 24.3 Å². The minimum absolute atomic E-state index is 0.161. The number of amides is 1. The molecule has 0 aliphatic heterocycles. The Labute approximate surface area is 104 Å². The Morgan fingerprint density at radius 3 is 2.47 bits per heavy atom. The summed E-state index contributed by atoms with van der Waals surface area (Å²) in [6, 6.07) is 5.33. The summed E-state index contributed by atoms with van der Waals surface area (Å²) in [5.74, 6) is -6.45. The normalized spacial score (nSPS) is 11.0. The second kappa shape index (κ2) is 5.22. The van der Waals surface area contributed by atoms with Crippen molar-refractivity contribution in [3.63, 3.8) is 0 Å². The van der Waals surface area contributed by atoms with Crippen molar-refractivity contribution in [3.8, 4) is 0 Å². The topological polar surface area (TPSA) is 66.4 Å². The molecule has 7 heteroatoms. The molecule has 0 saturated heterocycles. The first-order valence-corrected chi connectivity index (χ1v) is 5.58. The van der Waals surface area contributed by atoms with Gasteiger partial charge < -0.3 is 10.4 Å². The number of carbonyl (C=O) groups is 2. The van der Waals surface area contributed by atoms with Crippen LogP contribution in [0.25, 0.3) is 0 Å². The lowest BCUT2D eigenvalue weighted by molar-refractivity contribution is -0.136. The quantitative estimate of drug-likeness (QED) is 0.839. The number of nitrogens with one attached hydrogen (secondary N) is 1. The average molecular weight is 308 g/mol. The van der Waals surface area contributed by atoms with Crippen molar-refractivity contribution < 1.29 is 23.5 Å². The van der Waals surface area contributed by atoms with E-state index in [9.17, 15) is 18.4 Å². The van der Waals surface area contributed by atoms with E-state index in [0.717, 1.165) is 0 Å². The van der Waals surface area contributed by atoms with E-state index in [-0.39, 0.29) is 11.3 Å². The third kappa shape index (κ3) is 3.23. The van der Waals surface area contributed by atoms with Gasteiger partial charge in [-0.3, -0.25) is 4.79 Å². The van der Waals surface area contributed by atoms with Crippen LogP contribution in [0.1, 0.15) is 10.4 Å². The lowest BCUT2D eigenvalue weighted by atomic mass is 10.1. The lowest BCUT2D eigenvalue weighted by Gasteiger charge is -2.14. The van der Waals surface area contributed by atoms with E-state index in [2.05, 4.69) is 15.9 Å². The number of hydrogen-bond donors (Lipinski definition) is 2. The van der Waals surface area contributed by atoms with Crippen molar-refractivity contribution in [2.24, 2.45) is 0 Å². The first kappa shape index (κ1) is 13.6. The molecular weight excluding hydrogens is 300 g/mol. The Morgan fingerprint density at radius 1 is 1.35 bits per heavy atom. The molecule has 2 N–H and O–H groups in total. The maximum absolute atomic E-state index is 13.0. The molecule has 0 spiro atoms. The SMILES string of the molecule is O=C(O)c1ccccc1NC(=O)C(F)(F)CBr. The van der Waals surface area contributed by atoms with Crippen LogP contribution in [0.3, 0.4) is 0 Å². The summed E-state index contributed by atoms with van der Waals surface area (Å²) in [5, 5.41) is 9.84. The van der Waals surface area contributed by atoms with Crippen LogP contribution >= 0.6 is 15.9 Å². The fourth-order valence-corrected chi connectivity index (χ4v) is 1.31. The number of carboxylic acid groups (broad SMARTS) is 1. The molecule has 0 radical (unpaired) electrons. The van der Waals surface area contributed by atoms with Crippen LogP contribution in [0.4, 0.5) is 14.5 Å². The van der Waals surface area contributed by atoms with E-state index in [1.165, 1.54) is 24.3 Å². The highest BCUT2D eigenvalue weighted by molar-refractivity contribution is 9.09. The van der Waals surface area contributed by atoms with E-state index in [4.69, 9.17) is 5.11 Å². The van der Waals surface area contributed by atoms with E-state index >= 15 is 0 Å². The molecule has 0 aliphatic carbocycles. The first-order chi connectivity index (χ1) is 7.88. The molecule has 0 aromatic heterocycles. The van der Waals surface area contributed by atoms with Crippen LogP contribution < -0.4 is 5.32 Å². The Morgan fingerprint density at radius 2 is 1.94 bits per heavy atom. The van der Waals surface area contributed by atoms with Gasteiger partial charge in [0, 0.05) is 0 Å². The van der Waals surface area contributed by atoms with Crippen LogP contribution in [0.5, 0.6) is 0 Å². The van der Waals surface area contributed by atoms with Gasteiger partial charge in [0.15, 0.2) is 0 Å². The zero-order valence-electron chi connectivity index (χ0n) is 8.41. The fraction of sp³-hybridized carbons (Fsp3) is 0.200. The maximum Gasteiger partial charge on any atom is 0.337 e. The number of aromatic carboxylic acids is 1. The van der Waals surface area contributed by atoms with Crippen molar-refractivity contribution in [1.82, 2.24) is 0 Å². The molecule has 0 atom stereocenters. The summed E-state index contributed by atoms with van der Waals surface area (Å²) in [5.41, 5.74) is -0.406. The Hall–Kier alpha value is -1.50.